The van der Waals surface area contributed by atoms with Crippen LogP contribution in [0.1, 0.15) is 17.1 Å². The third kappa shape index (κ3) is 5.42. The van der Waals surface area contributed by atoms with Crippen molar-refractivity contribution in [2.45, 2.75) is 6.42 Å². The SMILES string of the molecule is COc1ccc(CCNC(=O)C(=Cc2ccc(-c3cccc(Cl)c3Cl)o2)c2nn[nH]n2)cc1. The van der Waals surface area contributed by atoms with E-state index >= 15 is 0 Å². The molecule has 2 aromatic heterocycles. The average molecular weight is 484 g/mol. The summed E-state index contributed by atoms with van der Waals surface area (Å²) in [6.07, 6.45) is 2.20. The monoisotopic (exact) mass is 483 g/mol. The van der Waals surface area contributed by atoms with Gasteiger partial charge in [0.25, 0.3) is 5.91 Å². The summed E-state index contributed by atoms with van der Waals surface area (Å²) in [4.78, 5) is 12.9. The van der Waals surface area contributed by atoms with E-state index in [4.69, 9.17) is 32.4 Å². The van der Waals surface area contributed by atoms with Crippen LogP contribution >= 0.6 is 23.2 Å². The van der Waals surface area contributed by atoms with Gasteiger partial charge in [-0.05, 0) is 59.7 Å². The third-order valence-corrected chi connectivity index (χ3v) is 5.64. The van der Waals surface area contributed by atoms with Crippen molar-refractivity contribution in [1.29, 1.82) is 0 Å². The Labute approximate surface area is 199 Å². The molecule has 0 unspecified atom stereocenters. The number of nitrogens with zero attached hydrogens (tertiary/aromatic N) is 3. The van der Waals surface area contributed by atoms with Crippen molar-refractivity contribution >= 4 is 40.8 Å². The molecule has 0 bridgehead atoms. The van der Waals surface area contributed by atoms with Crippen molar-refractivity contribution in [2.75, 3.05) is 13.7 Å². The highest BCUT2D eigenvalue weighted by Crippen LogP contribution is 2.34. The van der Waals surface area contributed by atoms with Gasteiger partial charge < -0.3 is 14.5 Å². The Morgan fingerprint density at radius 2 is 1.97 bits per heavy atom. The van der Waals surface area contributed by atoms with Crippen LogP contribution in [0.2, 0.25) is 10.0 Å². The number of nitrogens with one attached hydrogen (secondary N) is 2. The maximum absolute atomic E-state index is 12.9. The lowest BCUT2D eigenvalue weighted by Gasteiger charge is -2.07. The number of amides is 1. The molecule has 0 aliphatic carbocycles. The number of aromatic nitrogens is 4. The molecule has 4 aromatic rings. The van der Waals surface area contributed by atoms with Gasteiger partial charge in [0.2, 0.25) is 5.82 Å². The van der Waals surface area contributed by atoms with Gasteiger partial charge >= 0.3 is 0 Å². The summed E-state index contributed by atoms with van der Waals surface area (Å²) >= 11 is 12.4. The Hall–Kier alpha value is -3.62. The standard InChI is InChI=1S/C23H19Cl2N5O3/c1-32-15-7-5-14(6-8-15)11-12-26-23(31)18(22-27-29-30-28-22)13-16-9-10-20(33-16)17-3-2-4-19(24)21(17)25/h2-10,13H,11-12H2,1H3,(H,26,31)(H,27,28,29,30). The fourth-order valence-corrected chi connectivity index (χ4v) is 3.52. The molecular formula is C23H19Cl2N5O3. The molecule has 0 fully saturated rings. The van der Waals surface area contributed by atoms with E-state index in [0.717, 1.165) is 11.3 Å². The van der Waals surface area contributed by atoms with Crippen LogP contribution in [0.5, 0.6) is 5.75 Å². The minimum atomic E-state index is -0.358. The van der Waals surface area contributed by atoms with E-state index < -0.39 is 0 Å². The van der Waals surface area contributed by atoms with Crippen LogP contribution in [0.4, 0.5) is 0 Å². The molecule has 0 spiro atoms. The molecule has 4 rings (SSSR count). The smallest absolute Gasteiger partial charge is 0.255 e. The van der Waals surface area contributed by atoms with Crippen molar-refractivity contribution in [3.05, 3.63) is 81.8 Å². The number of H-pyrrole nitrogens is 1. The van der Waals surface area contributed by atoms with Crippen LogP contribution in [-0.2, 0) is 11.2 Å². The molecule has 10 heteroatoms. The van der Waals surface area contributed by atoms with Crippen molar-refractivity contribution < 1.29 is 13.9 Å². The molecule has 33 heavy (non-hydrogen) atoms. The van der Waals surface area contributed by atoms with E-state index in [2.05, 4.69) is 25.9 Å². The highest BCUT2D eigenvalue weighted by molar-refractivity contribution is 6.43. The van der Waals surface area contributed by atoms with Gasteiger partial charge in [-0.3, -0.25) is 4.79 Å². The van der Waals surface area contributed by atoms with Crippen LogP contribution in [0.3, 0.4) is 0 Å². The van der Waals surface area contributed by atoms with Crippen molar-refractivity contribution in [2.24, 2.45) is 0 Å². The average Bonchev–Trinajstić information content (AvgIpc) is 3.52. The van der Waals surface area contributed by atoms with E-state index in [1.54, 1.807) is 43.5 Å². The van der Waals surface area contributed by atoms with E-state index in [0.29, 0.717) is 40.1 Å². The first-order chi connectivity index (χ1) is 16.0. The number of hydrogen-bond acceptors (Lipinski definition) is 6. The second-order valence-corrected chi connectivity index (χ2v) is 7.74. The topological polar surface area (TPSA) is 106 Å². The molecule has 0 aliphatic heterocycles. The van der Waals surface area contributed by atoms with Crippen LogP contribution in [0.25, 0.3) is 23.0 Å². The second kappa shape index (κ2) is 10.3. The quantitative estimate of drug-likeness (QED) is 0.352. The fourth-order valence-electron chi connectivity index (χ4n) is 3.13. The van der Waals surface area contributed by atoms with Crippen LogP contribution < -0.4 is 10.1 Å². The number of ether oxygens (including phenoxy) is 1. The summed E-state index contributed by atoms with van der Waals surface area (Å²) in [6, 6.07) is 16.4. The summed E-state index contributed by atoms with van der Waals surface area (Å²) < 4.78 is 11.0. The van der Waals surface area contributed by atoms with E-state index in [-0.39, 0.29) is 17.3 Å². The Kier molecular flexibility index (Phi) is 7.07. The molecule has 0 atom stereocenters. The maximum atomic E-state index is 12.9. The second-order valence-electron chi connectivity index (χ2n) is 6.95. The molecule has 0 aliphatic rings. The Morgan fingerprint density at radius 3 is 2.70 bits per heavy atom. The number of hydrogen-bond donors (Lipinski definition) is 2. The minimum absolute atomic E-state index is 0.149. The molecule has 0 radical (unpaired) electrons. The van der Waals surface area contributed by atoms with Crippen LogP contribution in [-0.4, -0.2) is 40.2 Å². The van der Waals surface area contributed by atoms with Crippen LogP contribution in [0, 0.1) is 0 Å². The minimum Gasteiger partial charge on any atom is -0.497 e. The highest BCUT2D eigenvalue weighted by atomic mass is 35.5. The van der Waals surface area contributed by atoms with Gasteiger partial charge in [0, 0.05) is 12.1 Å². The van der Waals surface area contributed by atoms with Crippen molar-refractivity contribution in [3.63, 3.8) is 0 Å². The lowest BCUT2D eigenvalue weighted by molar-refractivity contribution is -0.115. The largest absolute Gasteiger partial charge is 0.497 e. The molecular weight excluding hydrogens is 465 g/mol. The normalized spacial score (nSPS) is 11.4. The van der Waals surface area contributed by atoms with Gasteiger partial charge in [0.15, 0.2) is 0 Å². The molecule has 2 aromatic carbocycles. The van der Waals surface area contributed by atoms with Gasteiger partial charge in [0.1, 0.15) is 17.3 Å². The number of furan rings is 1. The van der Waals surface area contributed by atoms with Crippen molar-refractivity contribution in [1.82, 2.24) is 25.9 Å². The predicted molar refractivity (Wildman–Crippen MR) is 126 cm³/mol. The van der Waals surface area contributed by atoms with Gasteiger partial charge in [-0.2, -0.15) is 5.21 Å². The number of benzene rings is 2. The Bertz CT molecular complexity index is 1270. The lowest BCUT2D eigenvalue weighted by Crippen LogP contribution is -2.27. The number of carbonyl (C=O) groups excluding carboxylic acids is 1. The molecule has 0 saturated heterocycles. The summed E-state index contributed by atoms with van der Waals surface area (Å²) in [5.41, 5.74) is 1.92. The highest BCUT2D eigenvalue weighted by Gasteiger charge is 2.18. The Balaban J connectivity index is 1.51. The molecule has 168 valence electrons. The first-order valence-electron chi connectivity index (χ1n) is 9.96. The fraction of sp³-hybridized carbons (Fsp3) is 0.130. The predicted octanol–water partition coefficient (Wildman–Crippen LogP) is 4.67. The molecule has 1 amide bonds. The number of rotatable bonds is 8. The zero-order valence-corrected chi connectivity index (χ0v) is 19.0. The zero-order valence-electron chi connectivity index (χ0n) is 17.5. The summed E-state index contributed by atoms with van der Waals surface area (Å²) in [5.74, 6) is 1.51. The van der Waals surface area contributed by atoms with Gasteiger partial charge in [-0.15, -0.1) is 10.2 Å². The first kappa shape index (κ1) is 22.6. The molecule has 0 saturated carbocycles. The first-order valence-corrected chi connectivity index (χ1v) is 10.7. The molecule has 2 N–H and O–H groups in total. The molecule has 2 heterocycles. The van der Waals surface area contributed by atoms with Crippen molar-refractivity contribution in [3.8, 4) is 17.1 Å². The number of tetrazole rings is 1. The molecule has 8 nitrogen and oxygen atoms in total. The Morgan fingerprint density at radius 1 is 1.15 bits per heavy atom. The van der Waals surface area contributed by atoms with Gasteiger partial charge in [0.05, 0.1) is 22.7 Å². The van der Waals surface area contributed by atoms with E-state index in [9.17, 15) is 4.79 Å². The summed E-state index contributed by atoms with van der Waals surface area (Å²) in [5, 5.41) is 17.5. The number of carbonyl (C=O) groups is 1. The van der Waals surface area contributed by atoms with Gasteiger partial charge in [-0.25, -0.2) is 0 Å². The lowest BCUT2D eigenvalue weighted by atomic mass is 10.1. The van der Waals surface area contributed by atoms with E-state index in [1.807, 2.05) is 24.3 Å². The number of aromatic amines is 1. The van der Waals surface area contributed by atoms with Crippen LogP contribution in [0.15, 0.2) is 59.0 Å². The third-order valence-electron chi connectivity index (χ3n) is 4.82. The number of methoxy groups -OCH3 is 1. The summed E-state index contributed by atoms with van der Waals surface area (Å²) in [6.45, 7) is 0.419. The summed E-state index contributed by atoms with van der Waals surface area (Å²) in [7, 11) is 1.62. The maximum Gasteiger partial charge on any atom is 0.255 e. The van der Waals surface area contributed by atoms with E-state index in [1.165, 1.54) is 0 Å². The van der Waals surface area contributed by atoms with Gasteiger partial charge in [-0.1, -0.05) is 41.4 Å². The number of halogens is 2. The zero-order chi connectivity index (χ0) is 23.2.